The lowest BCUT2D eigenvalue weighted by atomic mass is 10.0. The minimum Gasteiger partial charge on any atom is -0.454 e. The van der Waals surface area contributed by atoms with Gasteiger partial charge in [-0.15, -0.1) is 0 Å². The molecule has 0 fully saturated rings. The fourth-order valence-electron chi connectivity index (χ4n) is 10.8. The highest BCUT2D eigenvalue weighted by Crippen LogP contribution is 2.48. The van der Waals surface area contributed by atoms with E-state index in [9.17, 15) is 0 Å². The van der Waals surface area contributed by atoms with Crippen LogP contribution in [0.2, 0.25) is 0 Å². The molecule has 7 heteroatoms. The van der Waals surface area contributed by atoms with E-state index in [0.717, 1.165) is 121 Å². The molecule has 0 N–H and O–H groups in total. The Bertz CT molecular complexity index is 4690. The zero-order valence-electron chi connectivity index (χ0n) is 37.2. The molecule has 0 bridgehead atoms. The molecule has 15 aromatic rings. The topological polar surface area (TPSA) is 63.4 Å². The molecule has 70 heavy (non-hydrogen) atoms. The molecule has 7 nitrogen and oxygen atoms in total. The summed E-state index contributed by atoms with van der Waals surface area (Å²) < 4.78 is 26.8. The van der Waals surface area contributed by atoms with Crippen molar-refractivity contribution in [3.63, 3.8) is 0 Å². The van der Waals surface area contributed by atoms with Gasteiger partial charge in [0.1, 0.15) is 22.3 Å². The van der Waals surface area contributed by atoms with Crippen molar-refractivity contribution in [1.82, 2.24) is 0 Å². The average molecular weight is 898 g/mol. The Morgan fingerprint density at radius 3 is 1.33 bits per heavy atom. The molecule has 0 saturated carbocycles. The molecule has 0 aliphatic heterocycles. The molecule has 326 valence electrons. The normalized spacial score (nSPS) is 12.0. The molecule has 15 rings (SSSR count). The summed E-state index contributed by atoms with van der Waals surface area (Å²) in [7, 11) is 0. The van der Waals surface area contributed by atoms with Gasteiger partial charge in [-0.1, -0.05) is 109 Å². The Kier molecular flexibility index (Phi) is 8.01. The van der Waals surface area contributed by atoms with Crippen LogP contribution < -0.4 is 9.80 Å². The first-order valence-electron chi connectivity index (χ1n) is 23.2. The number of benzene rings is 11. The van der Waals surface area contributed by atoms with E-state index >= 15 is 0 Å². The number of furan rings is 4. The van der Waals surface area contributed by atoms with Crippen LogP contribution in [0.25, 0.3) is 114 Å². The molecule has 0 saturated heterocycles. The first-order valence-corrected chi connectivity index (χ1v) is 23.2. The Morgan fingerprint density at radius 1 is 0.300 bits per heavy atom. The largest absolute Gasteiger partial charge is 0.454 e. The smallest absolute Gasteiger partial charge is 0.199 e. The van der Waals surface area contributed by atoms with Crippen LogP contribution in [0.1, 0.15) is 0 Å². The summed E-state index contributed by atoms with van der Waals surface area (Å²) in [5, 5.41) is 11.7. The van der Waals surface area contributed by atoms with Crippen molar-refractivity contribution in [2.24, 2.45) is 0 Å². The molecule has 4 aromatic heterocycles. The summed E-state index contributed by atoms with van der Waals surface area (Å²) in [5.41, 5.74) is 12.3. The van der Waals surface area contributed by atoms with Gasteiger partial charge >= 0.3 is 0 Å². The zero-order valence-corrected chi connectivity index (χ0v) is 37.2. The highest BCUT2D eigenvalue weighted by atomic mass is 16.4. The van der Waals surface area contributed by atoms with Crippen LogP contribution in [0.3, 0.4) is 0 Å². The van der Waals surface area contributed by atoms with E-state index in [2.05, 4.69) is 172 Å². The van der Waals surface area contributed by atoms with E-state index < -0.39 is 0 Å². The van der Waals surface area contributed by atoms with E-state index in [1.54, 1.807) is 0 Å². The molecule has 0 spiro atoms. The molecule has 4 heterocycles. The maximum Gasteiger partial charge on any atom is 0.199 e. The van der Waals surface area contributed by atoms with E-state index in [1.165, 1.54) is 0 Å². The Balaban J connectivity index is 0.878. The second-order valence-electron chi connectivity index (χ2n) is 17.9. The highest BCUT2D eigenvalue weighted by molar-refractivity contribution is 6.26. The first-order chi connectivity index (χ1) is 34.6. The molecule has 0 atom stereocenters. The number of hydrogen-bond donors (Lipinski definition) is 0. The summed E-state index contributed by atoms with van der Waals surface area (Å²) in [6.45, 7) is 8.42. The van der Waals surface area contributed by atoms with Gasteiger partial charge in [0.05, 0.1) is 17.9 Å². The van der Waals surface area contributed by atoms with Crippen LogP contribution in [-0.2, 0) is 0 Å². The molecule has 0 unspecified atom stereocenters. The molecule has 0 aliphatic rings. The van der Waals surface area contributed by atoms with Crippen molar-refractivity contribution < 1.29 is 17.7 Å². The predicted molar refractivity (Wildman–Crippen MR) is 286 cm³/mol. The van der Waals surface area contributed by atoms with Gasteiger partial charge in [-0.3, -0.25) is 0 Å². The van der Waals surface area contributed by atoms with E-state index in [4.69, 9.17) is 24.2 Å². The number of anilines is 6. The SMILES string of the molecule is [C-]#[N+]c1cc2c3cc4ccc(N(c5ccccc5)c5cccc6c5oc5ccccc56)cc4cc3oc2c2oc3cc4cc(N(c5ccccc5)c5cccc6c5oc5ccccc56)ccc4cc3c12. The minimum absolute atomic E-state index is 0.516. The fraction of sp³-hybridized carbons (Fsp3) is 0. The molecule has 0 amide bonds. The second kappa shape index (κ2) is 14.6. The number of rotatable bonds is 6. The van der Waals surface area contributed by atoms with Gasteiger partial charge in [0.2, 0.25) is 0 Å². The average Bonchev–Trinajstić information content (AvgIpc) is 4.19. The van der Waals surface area contributed by atoms with Crippen LogP contribution in [-0.4, -0.2) is 0 Å². The maximum absolute atomic E-state index is 8.42. The van der Waals surface area contributed by atoms with Gasteiger partial charge in [-0.25, -0.2) is 4.85 Å². The van der Waals surface area contributed by atoms with Crippen molar-refractivity contribution in [3.8, 4) is 0 Å². The summed E-state index contributed by atoms with van der Waals surface area (Å²) >= 11 is 0. The summed E-state index contributed by atoms with van der Waals surface area (Å²) in [6.07, 6.45) is 0. The number of nitrogens with zero attached hydrogens (tertiary/aromatic N) is 3. The molecule has 0 aliphatic carbocycles. The zero-order chi connectivity index (χ0) is 46.0. The van der Waals surface area contributed by atoms with Gasteiger partial charge in [0.25, 0.3) is 0 Å². The van der Waals surface area contributed by atoms with E-state index in [1.807, 2.05) is 54.6 Å². The van der Waals surface area contributed by atoms with Crippen molar-refractivity contribution in [3.05, 3.63) is 224 Å². The summed E-state index contributed by atoms with van der Waals surface area (Å²) in [6, 6.07) is 73.2. The van der Waals surface area contributed by atoms with Gasteiger partial charge in [0, 0.05) is 65.8 Å². The predicted octanol–water partition coefficient (Wildman–Crippen LogP) is 19.1. The number of hydrogen-bond acceptors (Lipinski definition) is 6. The van der Waals surface area contributed by atoms with Crippen LogP contribution in [0, 0.1) is 6.57 Å². The van der Waals surface area contributed by atoms with Crippen LogP contribution >= 0.6 is 0 Å². The highest BCUT2D eigenvalue weighted by Gasteiger charge is 2.24. The third kappa shape index (κ3) is 5.62. The van der Waals surface area contributed by atoms with Crippen molar-refractivity contribution in [1.29, 1.82) is 0 Å². The Hall–Kier alpha value is -9.77. The van der Waals surface area contributed by atoms with Crippen LogP contribution in [0.4, 0.5) is 39.8 Å². The van der Waals surface area contributed by atoms with Gasteiger partial charge < -0.3 is 27.5 Å². The minimum atomic E-state index is 0.516. The third-order valence-corrected chi connectivity index (χ3v) is 14.0. The van der Waals surface area contributed by atoms with Crippen LogP contribution in [0.5, 0.6) is 0 Å². The third-order valence-electron chi connectivity index (χ3n) is 14.0. The van der Waals surface area contributed by atoms with E-state index in [-0.39, 0.29) is 0 Å². The monoisotopic (exact) mass is 897 g/mol. The molecular formula is C63H35N3O4. The van der Waals surface area contributed by atoms with Gasteiger partial charge in [-0.05, 0) is 125 Å². The lowest BCUT2D eigenvalue weighted by Gasteiger charge is -2.25. The van der Waals surface area contributed by atoms with Crippen molar-refractivity contribution >= 4 is 149 Å². The Labute approximate surface area is 398 Å². The maximum atomic E-state index is 8.42. The fourth-order valence-corrected chi connectivity index (χ4v) is 10.8. The van der Waals surface area contributed by atoms with Crippen molar-refractivity contribution in [2.75, 3.05) is 9.80 Å². The standard InChI is InChI=1S/C63H35N3O4/c1-64-52-36-50-49-32-37-26-28-43(65(41-14-4-2-5-15-41)53-22-12-20-47-45-18-8-10-24-55(45)67-60(47)53)30-39(37)34-57(49)69-62(50)63-59(52)51-33-38-27-29-44(31-40(38)35-58(51)70-63)66(42-16-6-3-7-17-42)54-23-13-21-48-46-19-9-11-25-56(46)68-61(48)54/h2-36H. The second-order valence-corrected chi connectivity index (χ2v) is 17.9. The lowest BCUT2D eigenvalue weighted by Crippen LogP contribution is -2.10. The van der Waals surface area contributed by atoms with E-state index in [0.29, 0.717) is 28.0 Å². The summed E-state index contributed by atoms with van der Waals surface area (Å²) in [5.74, 6) is 0. The van der Waals surface area contributed by atoms with Crippen molar-refractivity contribution in [2.45, 2.75) is 0 Å². The number of fused-ring (bicyclic) bond motifs is 15. The van der Waals surface area contributed by atoms with Crippen LogP contribution in [0.15, 0.2) is 230 Å². The molecule has 11 aromatic carbocycles. The Morgan fingerprint density at radius 2 is 0.771 bits per heavy atom. The number of para-hydroxylation sites is 6. The van der Waals surface area contributed by atoms with Gasteiger partial charge in [0.15, 0.2) is 28.0 Å². The summed E-state index contributed by atoms with van der Waals surface area (Å²) in [4.78, 5) is 8.58. The lowest BCUT2D eigenvalue weighted by molar-refractivity contribution is 0.634. The quantitative estimate of drug-likeness (QED) is 0.155. The molecular weight excluding hydrogens is 863 g/mol. The first kappa shape index (κ1) is 38.3. The molecule has 0 radical (unpaired) electrons. The van der Waals surface area contributed by atoms with Gasteiger partial charge in [-0.2, -0.15) is 0 Å².